The van der Waals surface area contributed by atoms with Gasteiger partial charge in [0.2, 0.25) is 0 Å². The van der Waals surface area contributed by atoms with Crippen molar-refractivity contribution in [3.63, 3.8) is 0 Å². The van der Waals surface area contributed by atoms with Crippen LogP contribution in [-0.2, 0) is 39.0 Å². The molecule has 2 heteroatoms. The maximum atomic E-state index is 3.14. The Morgan fingerprint density at radius 3 is 2.09 bits per heavy atom. The van der Waals surface area contributed by atoms with E-state index in [0.717, 1.165) is 0 Å². The Morgan fingerprint density at radius 2 is 1.82 bits per heavy atom. The molecule has 0 nitrogen and oxygen atoms in total. The van der Waals surface area contributed by atoms with Crippen LogP contribution in [0.5, 0.6) is 0 Å². The fraction of sp³-hybridized carbons (Fsp3) is 0.333. The molecule has 66 valence electrons. The van der Waals surface area contributed by atoms with Crippen molar-refractivity contribution in [1.82, 2.24) is 0 Å². The van der Waals surface area contributed by atoms with Gasteiger partial charge in [0.05, 0.1) is 0 Å². The number of hydrogen-bond donors (Lipinski definition) is 0. The second kappa shape index (κ2) is 7.13. The molecule has 1 rings (SSSR count). The van der Waals surface area contributed by atoms with Gasteiger partial charge in [0.1, 0.15) is 0 Å². The first-order valence-corrected chi connectivity index (χ1v) is 3.18. The Labute approximate surface area is 94.3 Å². The molecule has 0 bridgehead atoms. The van der Waals surface area contributed by atoms with Gasteiger partial charge in [-0.25, -0.2) is 0 Å². The summed E-state index contributed by atoms with van der Waals surface area (Å²) in [4.78, 5) is 0. The zero-order chi connectivity index (χ0) is 6.69. The maximum Gasteiger partial charge on any atom is 0 e. The van der Waals surface area contributed by atoms with E-state index in [0.29, 0.717) is 5.92 Å². The second-order valence-electron chi connectivity index (χ2n) is 2.40. The summed E-state index contributed by atoms with van der Waals surface area (Å²) in [5.41, 5.74) is 1.23. The molecule has 0 aliphatic heterocycles. The summed E-state index contributed by atoms with van der Waals surface area (Å²) in [6.07, 6.45) is 0. The molecule has 0 unspecified atom stereocenters. The second-order valence-corrected chi connectivity index (χ2v) is 2.40. The van der Waals surface area contributed by atoms with Crippen molar-refractivity contribution in [2.45, 2.75) is 19.8 Å². The van der Waals surface area contributed by atoms with Gasteiger partial charge < -0.3 is 12.1 Å². The van der Waals surface area contributed by atoms with Crippen LogP contribution in [0.1, 0.15) is 25.3 Å². The van der Waals surface area contributed by atoms with E-state index >= 15 is 0 Å². The molecular weight excluding hydrogens is 314 g/mol. The van der Waals surface area contributed by atoms with E-state index in [4.69, 9.17) is 0 Å². The Bertz CT molecular complexity index is 170. The van der Waals surface area contributed by atoms with Crippen LogP contribution in [0.3, 0.4) is 0 Å². The first kappa shape index (κ1) is 14.0. The molecule has 1 aromatic rings. The average Bonchev–Trinajstić information content (AvgIpc) is 1.90. The summed E-state index contributed by atoms with van der Waals surface area (Å²) in [6, 6.07) is 11.9. The van der Waals surface area contributed by atoms with Gasteiger partial charge in [-0.15, -0.1) is 0 Å². The third kappa shape index (κ3) is 4.83. The molecule has 0 aliphatic rings. The van der Waals surface area contributed by atoms with Crippen molar-refractivity contribution in [3.8, 4) is 0 Å². The minimum atomic E-state index is 0. The molecule has 0 saturated heterocycles. The van der Waals surface area contributed by atoms with Crippen LogP contribution in [0.2, 0.25) is 0 Å². The Hall–Kier alpha value is 0.467. The molecule has 0 amide bonds. The van der Waals surface area contributed by atoms with Crippen LogP contribution in [-0.4, -0.2) is 0 Å². The largest absolute Gasteiger partial charge is 0.319 e. The first-order chi connectivity index (χ1) is 4.30. The summed E-state index contributed by atoms with van der Waals surface area (Å²) in [6.45, 7) is 4.30. The Kier molecular flexibility index (Phi) is 9.09. The quantitative estimate of drug-likeness (QED) is 0.550. The van der Waals surface area contributed by atoms with E-state index in [1.807, 2.05) is 18.2 Å². The molecule has 0 saturated carbocycles. The van der Waals surface area contributed by atoms with Crippen molar-refractivity contribution in [2.24, 2.45) is 0 Å². The van der Waals surface area contributed by atoms with Crippen molar-refractivity contribution in [3.05, 3.63) is 35.9 Å². The van der Waals surface area contributed by atoms with E-state index in [9.17, 15) is 0 Å². The molecule has 0 aliphatic carbocycles. The van der Waals surface area contributed by atoms with E-state index in [2.05, 4.69) is 26.0 Å². The van der Waals surface area contributed by atoms with Crippen LogP contribution in [0.15, 0.2) is 18.2 Å². The molecule has 0 fully saturated rings. The number of rotatable bonds is 1. The standard InChI is InChI=1S/C9H10.2Rh/c1-8(2)9-6-4-3-5-7-9;;/h3-4,7-8H,1-2H3;;/q-2;;. The maximum absolute atomic E-state index is 3.14. The predicted octanol–water partition coefficient (Wildman–Crippen LogP) is 2.41. The number of hydrogen-bond acceptors (Lipinski definition) is 0. The molecule has 11 heavy (non-hydrogen) atoms. The molecule has 0 atom stereocenters. The Morgan fingerprint density at radius 1 is 1.18 bits per heavy atom. The van der Waals surface area contributed by atoms with Gasteiger partial charge in [-0.1, -0.05) is 19.8 Å². The van der Waals surface area contributed by atoms with Gasteiger partial charge in [0.15, 0.2) is 0 Å². The van der Waals surface area contributed by atoms with Crippen LogP contribution in [0.4, 0.5) is 0 Å². The zero-order valence-electron chi connectivity index (χ0n) is 6.48. The van der Waals surface area contributed by atoms with E-state index in [1.54, 1.807) is 0 Å². The molecular formula is C9H10Rh2-2. The van der Waals surface area contributed by atoms with Gasteiger partial charge in [0.25, 0.3) is 0 Å². The normalized spacial score (nSPS) is 8.27. The first-order valence-electron chi connectivity index (χ1n) is 3.18. The minimum absolute atomic E-state index is 0. The third-order valence-corrected chi connectivity index (χ3v) is 1.29. The summed E-state index contributed by atoms with van der Waals surface area (Å²) in [7, 11) is 0. The summed E-state index contributed by atoms with van der Waals surface area (Å²) >= 11 is 0. The smallest absolute Gasteiger partial charge is 0 e. The third-order valence-electron chi connectivity index (χ3n) is 1.29. The van der Waals surface area contributed by atoms with Gasteiger partial charge >= 0.3 is 0 Å². The topological polar surface area (TPSA) is 0 Å². The average molecular weight is 324 g/mol. The van der Waals surface area contributed by atoms with E-state index < -0.39 is 0 Å². The summed E-state index contributed by atoms with van der Waals surface area (Å²) in [5.74, 6) is 0.572. The number of benzene rings is 1. The van der Waals surface area contributed by atoms with Crippen molar-refractivity contribution < 1.29 is 39.0 Å². The fourth-order valence-corrected chi connectivity index (χ4v) is 0.699. The SMILES string of the molecule is CC(C)c1[c-]cc[c-]c1.[Rh].[Rh]. The molecule has 0 heterocycles. The van der Waals surface area contributed by atoms with Gasteiger partial charge in [-0.05, 0) is 0 Å². The predicted molar refractivity (Wildman–Crippen MR) is 38.2 cm³/mol. The Balaban J connectivity index is 0. The van der Waals surface area contributed by atoms with Crippen LogP contribution in [0.25, 0.3) is 0 Å². The van der Waals surface area contributed by atoms with Crippen LogP contribution < -0.4 is 0 Å². The van der Waals surface area contributed by atoms with Gasteiger partial charge in [-0.3, -0.25) is 23.8 Å². The van der Waals surface area contributed by atoms with Gasteiger partial charge in [-0.2, -0.15) is 0 Å². The van der Waals surface area contributed by atoms with Crippen molar-refractivity contribution >= 4 is 0 Å². The monoisotopic (exact) mass is 324 g/mol. The van der Waals surface area contributed by atoms with Gasteiger partial charge in [0, 0.05) is 39.0 Å². The van der Waals surface area contributed by atoms with E-state index in [-0.39, 0.29) is 39.0 Å². The van der Waals surface area contributed by atoms with Crippen LogP contribution in [0, 0.1) is 12.1 Å². The van der Waals surface area contributed by atoms with Crippen molar-refractivity contribution in [2.75, 3.05) is 0 Å². The zero-order valence-corrected chi connectivity index (χ0v) is 9.75. The summed E-state index contributed by atoms with van der Waals surface area (Å²) in [5, 5.41) is 0. The molecule has 0 spiro atoms. The molecule has 0 aromatic heterocycles. The molecule has 0 N–H and O–H groups in total. The fourth-order valence-electron chi connectivity index (χ4n) is 0.699. The molecule has 1 aromatic carbocycles. The molecule has 2 radical (unpaired) electrons. The van der Waals surface area contributed by atoms with E-state index in [1.165, 1.54) is 5.56 Å². The van der Waals surface area contributed by atoms with Crippen molar-refractivity contribution in [1.29, 1.82) is 0 Å². The minimum Gasteiger partial charge on any atom is -0.319 e. The summed E-state index contributed by atoms with van der Waals surface area (Å²) < 4.78 is 0. The van der Waals surface area contributed by atoms with Crippen LogP contribution >= 0.6 is 0 Å².